The number of nitrogens with zero attached hydrogens (tertiary/aromatic N) is 4. The van der Waals surface area contributed by atoms with Crippen molar-refractivity contribution < 1.29 is 0 Å². The monoisotopic (exact) mass is 309 g/mol. The van der Waals surface area contributed by atoms with E-state index in [-0.39, 0.29) is 10.6 Å². The first kappa shape index (κ1) is 15.6. The first-order valence-electron chi connectivity index (χ1n) is 6.94. The van der Waals surface area contributed by atoms with Crippen molar-refractivity contribution in [1.82, 2.24) is 19.6 Å². The highest BCUT2D eigenvalue weighted by molar-refractivity contribution is 6.32. The summed E-state index contributed by atoms with van der Waals surface area (Å²) in [5.74, 6) is 0.343. The fourth-order valence-corrected chi connectivity index (χ4v) is 2.22. The first-order valence-corrected chi connectivity index (χ1v) is 7.32. The lowest BCUT2D eigenvalue weighted by atomic mass is 10.2. The van der Waals surface area contributed by atoms with Gasteiger partial charge < -0.3 is 5.32 Å². The lowest BCUT2D eigenvalue weighted by molar-refractivity contribution is 0.464. The molecule has 7 heteroatoms. The topological polar surface area (TPSA) is 64.7 Å². The fourth-order valence-electron chi connectivity index (χ4n) is 2.01. The molecular formula is C14H20ClN5O. The number of hydrogen-bond acceptors (Lipinski definition) is 4. The predicted octanol–water partition coefficient (Wildman–Crippen LogP) is 1.94. The summed E-state index contributed by atoms with van der Waals surface area (Å²) in [6.07, 6.45) is 6.19. The molecule has 0 saturated heterocycles. The third-order valence-corrected chi connectivity index (χ3v) is 3.38. The summed E-state index contributed by atoms with van der Waals surface area (Å²) in [6, 6.07) is 0. The molecule has 2 heterocycles. The summed E-state index contributed by atoms with van der Waals surface area (Å²) >= 11 is 6.12. The van der Waals surface area contributed by atoms with Gasteiger partial charge in [-0.1, -0.05) is 25.4 Å². The maximum atomic E-state index is 12.1. The Hall–Kier alpha value is -1.82. The van der Waals surface area contributed by atoms with Crippen molar-refractivity contribution in [2.75, 3.05) is 11.9 Å². The van der Waals surface area contributed by atoms with Gasteiger partial charge in [-0.25, -0.2) is 4.68 Å². The number of aromatic nitrogens is 4. The van der Waals surface area contributed by atoms with E-state index < -0.39 is 0 Å². The predicted molar refractivity (Wildman–Crippen MR) is 83.7 cm³/mol. The van der Waals surface area contributed by atoms with Gasteiger partial charge in [0.25, 0.3) is 5.56 Å². The molecule has 0 aliphatic heterocycles. The molecule has 0 aliphatic rings. The van der Waals surface area contributed by atoms with Gasteiger partial charge in [-0.2, -0.15) is 10.2 Å². The van der Waals surface area contributed by atoms with Crippen LogP contribution in [0.4, 0.5) is 5.69 Å². The standard InChI is InChI=1S/C14H20ClN5O/c1-10(2)8-20-14(21)13(15)12(7-18-20)16-5-4-11-6-17-19(3)9-11/h6-7,9-10,16H,4-5,8H2,1-3H3. The van der Waals surface area contributed by atoms with Gasteiger partial charge in [0.05, 0.1) is 18.1 Å². The molecule has 6 nitrogen and oxygen atoms in total. The zero-order chi connectivity index (χ0) is 15.4. The maximum Gasteiger partial charge on any atom is 0.287 e. The summed E-state index contributed by atoms with van der Waals surface area (Å²) in [5.41, 5.74) is 1.45. The van der Waals surface area contributed by atoms with E-state index in [4.69, 9.17) is 11.6 Å². The van der Waals surface area contributed by atoms with Gasteiger partial charge in [-0.3, -0.25) is 9.48 Å². The molecule has 0 aromatic carbocycles. The Morgan fingerprint density at radius 3 is 2.71 bits per heavy atom. The van der Waals surface area contributed by atoms with Crippen molar-refractivity contribution in [2.24, 2.45) is 13.0 Å². The smallest absolute Gasteiger partial charge is 0.287 e. The van der Waals surface area contributed by atoms with Crippen LogP contribution in [0.1, 0.15) is 19.4 Å². The van der Waals surface area contributed by atoms with Crippen LogP contribution in [0.5, 0.6) is 0 Å². The molecule has 0 aliphatic carbocycles. The van der Waals surface area contributed by atoms with E-state index in [2.05, 4.69) is 15.5 Å². The number of halogens is 1. The molecule has 2 rings (SSSR count). The van der Waals surface area contributed by atoms with Gasteiger partial charge in [0.1, 0.15) is 5.02 Å². The quantitative estimate of drug-likeness (QED) is 0.885. The van der Waals surface area contributed by atoms with Gasteiger partial charge in [-0.05, 0) is 17.9 Å². The SMILES string of the molecule is CC(C)Cn1ncc(NCCc2cnn(C)c2)c(Cl)c1=O. The van der Waals surface area contributed by atoms with E-state index in [1.807, 2.05) is 33.3 Å². The fraction of sp³-hybridized carbons (Fsp3) is 0.500. The maximum absolute atomic E-state index is 12.1. The van der Waals surface area contributed by atoms with E-state index in [9.17, 15) is 4.79 Å². The van der Waals surface area contributed by atoms with Crippen LogP contribution >= 0.6 is 11.6 Å². The highest BCUT2D eigenvalue weighted by atomic mass is 35.5. The number of anilines is 1. The second-order valence-corrected chi connectivity index (χ2v) is 5.83. The number of nitrogens with one attached hydrogen (secondary N) is 1. The van der Waals surface area contributed by atoms with Crippen molar-refractivity contribution in [3.8, 4) is 0 Å². The number of aryl methyl sites for hydroxylation is 1. The Balaban J connectivity index is 2.00. The van der Waals surface area contributed by atoms with Crippen molar-refractivity contribution in [2.45, 2.75) is 26.8 Å². The molecule has 0 saturated carbocycles. The van der Waals surface area contributed by atoms with Crippen LogP contribution in [0.15, 0.2) is 23.4 Å². The van der Waals surface area contributed by atoms with Crippen LogP contribution in [-0.4, -0.2) is 26.1 Å². The highest BCUT2D eigenvalue weighted by Crippen LogP contribution is 2.15. The van der Waals surface area contributed by atoms with Crippen LogP contribution in [0.2, 0.25) is 5.02 Å². The molecule has 0 fully saturated rings. The summed E-state index contributed by atoms with van der Waals surface area (Å²) in [7, 11) is 1.88. The molecule has 0 spiro atoms. The van der Waals surface area contributed by atoms with E-state index >= 15 is 0 Å². The summed E-state index contributed by atoms with van der Waals surface area (Å²) < 4.78 is 3.16. The lowest BCUT2D eigenvalue weighted by Crippen LogP contribution is -2.26. The average Bonchev–Trinajstić information content (AvgIpc) is 2.83. The molecule has 2 aromatic heterocycles. The van der Waals surface area contributed by atoms with Crippen molar-refractivity contribution >= 4 is 17.3 Å². The largest absolute Gasteiger partial charge is 0.382 e. The van der Waals surface area contributed by atoms with Crippen LogP contribution in [-0.2, 0) is 20.0 Å². The van der Waals surface area contributed by atoms with Gasteiger partial charge in [0.15, 0.2) is 0 Å². The first-order chi connectivity index (χ1) is 9.97. The van der Waals surface area contributed by atoms with Gasteiger partial charge in [0, 0.05) is 26.3 Å². The van der Waals surface area contributed by atoms with Gasteiger partial charge >= 0.3 is 0 Å². The zero-order valence-electron chi connectivity index (χ0n) is 12.5. The van der Waals surface area contributed by atoms with E-state index in [0.717, 1.165) is 12.0 Å². The Bertz CT molecular complexity index is 662. The lowest BCUT2D eigenvalue weighted by Gasteiger charge is -2.11. The van der Waals surface area contributed by atoms with E-state index in [0.29, 0.717) is 24.7 Å². The Labute approximate surface area is 128 Å². The van der Waals surface area contributed by atoms with Crippen LogP contribution in [0.25, 0.3) is 0 Å². The third kappa shape index (κ3) is 4.07. The van der Waals surface area contributed by atoms with E-state index in [1.165, 1.54) is 4.68 Å². The van der Waals surface area contributed by atoms with Crippen molar-refractivity contribution in [3.05, 3.63) is 39.5 Å². The molecule has 0 atom stereocenters. The summed E-state index contributed by atoms with van der Waals surface area (Å²) in [4.78, 5) is 12.1. The summed E-state index contributed by atoms with van der Waals surface area (Å²) in [5, 5.41) is 11.6. The second-order valence-electron chi connectivity index (χ2n) is 5.45. The normalized spacial score (nSPS) is 11.1. The molecule has 0 unspecified atom stereocenters. The minimum absolute atomic E-state index is 0.192. The molecule has 1 N–H and O–H groups in total. The molecule has 0 bridgehead atoms. The molecule has 0 radical (unpaired) electrons. The van der Waals surface area contributed by atoms with Crippen LogP contribution in [0, 0.1) is 5.92 Å². The van der Waals surface area contributed by atoms with E-state index in [1.54, 1.807) is 10.9 Å². The minimum Gasteiger partial charge on any atom is -0.382 e. The molecule has 114 valence electrons. The molecule has 21 heavy (non-hydrogen) atoms. The van der Waals surface area contributed by atoms with Crippen molar-refractivity contribution in [3.63, 3.8) is 0 Å². The highest BCUT2D eigenvalue weighted by Gasteiger charge is 2.10. The van der Waals surface area contributed by atoms with Gasteiger partial charge in [-0.15, -0.1) is 0 Å². The Kier molecular flexibility index (Phi) is 5.01. The molecule has 2 aromatic rings. The zero-order valence-corrected chi connectivity index (χ0v) is 13.3. The number of hydrogen-bond donors (Lipinski definition) is 1. The van der Waals surface area contributed by atoms with Crippen LogP contribution in [0.3, 0.4) is 0 Å². The Morgan fingerprint density at radius 1 is 1.33 bits per heavy atom. The minimum atomic E-state index is -0.253. The third-order valence-electron chi connectivity index (χ3n) is 3.01. The molecular weight excluding hydrogens is 290 g/mol. The summed E-state index contributed by atoms with van der Waals surface area (Å²) in [6.45, 7) is 5.29. The van der Waals surface area contributed by atoms with Crippen molar-refractivity contribution in [1.29, 1.82) is 0 Å². The number of rotatable bonds is 6. The van der Waals surface area contributed by atoms with Crippen LogP contribution < -0.4 is 10.9 Å². The average molecular weight is 310 g/mol. The second kappa shape index (κ2) is 6.76. The molecule has 0 amide bonds. The van der Waals surface area contributed by atoms with Gasteiger partial charge in [0.2, 0.25) is 0 Å². The Morgan fingerprint density at radius 2 is 2.10 bits per heavy atom.